The lowest BCUT2D eigenvalue weighted by Crippen LogP contribution is -2.32. The third-order valence-electron chi connectivity index (χ3n) is 4.61. The lowest BCUT2D eigenvalue weighted by atomic mass is 9.95. The standard InChI is InChI=1S/C19H19N5O/c20-17-13-23(12-16(17)14-5-2-1-3-6-14)19(25)18-11-15(7-9-21-18)24-10-4-8-22-24/h1-11,16-17H,12-13,20H2/t16-,17+/m0/s1. The minimum absolute atomic E-state index is 0.0688. The van der Waals surface area contributed by atoms with Crippen molar-refractivity contribution in [2.24, 2.45) is 5.73 Å². The number of pyridine rings is 1. The van der Waals surface area contributed by atoms with Gasteiger partial charge >= 0.3 is 0 Å². The zero-order chi connectivity index (χ0) is 17.2. The summed E-state index contributed by atoms with van der Waals surface area (Å²) >= 11 is 0. The summed E-state index contributed by atoms with van der Waals surface area (Å²) in [6.07, 6.45) is 5.17. The number of hydrogen-bond donors (Lipinski definition) is 1. The summed E-state index contributed by atoms with van der Waals surface area (Å²) in [6.45, 7) is 1.14. The molecule has 4 rings (SSSR count). The predicted molar refractivity (Wildman–Crippen MR) is 94.4 cm³/mol. The Morgan fingerprint density at radius 1 is 1.08 bits per heavy atom. The molecular weight excluding hydrogens is 314 g/mol. The van der Waals surface area contributed by atoms with Crippen LogP contribution in [-0.4, -0.2) is 44.7 Å². The molecule has 2 aromatic heterocycles. The lowest BCUT2D eigenvalue weighted by molar-refractivity contribution is 0.0783. The Morgan fingerprint density at radius 2 is 1.92 bits per heavy atom. The maximum Gasteiger partial charge on any atom is 0.272 e. The van der Waals surface area contributed by atoms with Gasteiger partial charge in [-0.2, -0.15) is 5.10 Å². The molecule has 6 heteroatoms. The van der Waals surface area contributed by atoms with E-state index in [1.165, 1.54) is 5.56 Å². The number of carbonyl (C=O) groups excluding carboxylic acids is 1. The number of benzene rings is 1. The zero-order valence-corrected chi connectivity index (χ0v) is 13.7. The van der Waals surface area contributed by atoms with Gasteiger partial charge in [-0.05, 0) is 23.8 Å². The van der Waals surface area contributed by atoms with Gasteiger partial charge in [0.05, 0.1) is 5.69 Å². The van der Waals surface area contributed by atoms with Crippen LogP contribution < -0.4 is 5.73 Å². The molecule has 0 spiro atoms. The van der Waals surface area contributed by atoms with Crippen LogP contribution in [0.2, 0.25) is 0 Å². The van der Waals surface area contributed by atoms with Gasteiger partial charge in [0.2, 0.25) is 0 Å². The smallest absolute Gasteiger partial charge is 0.272 e. The Hall–Kier alpha value is -2.99. The van der Waals surface area contributed by atoms with Crippen molar-refractivity contribution < 1.29 is 4.79 Å². The third-order valence-corrected chi connectivity index (χ3v) is 4.61. The largest absolute Gasteiger partial charge is 0.335 e. The molecule has 0 saturated carbocycles. The highest BCUT2D eigenvalue weighted by atomic mass is 16.2. The van der Waals surface area contributed by atoms with Crippen LogP contribution in [0.3, 0.4) is 0 Å². The van der Waals surface area contributed by atoms with Gasteiger partial charge in [-0.25, -0.2) is 4.68 Å². The summed E-state index contributed by atoms with van der Waals surface area (Å²) in [6, 6.07) is 15.5. The van der Waals surface area contributed by atoms with Crippen molar-refractivity contribution in [3.05, 3.63) is 78.4 Å². The molecule has 6 nitrogen and oxygen atoms in total. The summed E-state index contributed by atoms with van der Waals surface area (Å²) in [5.41, 5.74) is 8.69. The Bertz CT molecular complexity index is 863. The first-order valence-electron chi connectivity index (χ1n) is 8.28. The summed E-state index contributed by atoms with van der Waals surface area (Å²) < 4.78 is 1.71. The third kappa shape index (κ3) is 3.04. The Labute approximate surface area is 145 Å². The van der Waals surface area contributed by atoms with Gasteiger partial charge in [-0.3, -0.25) is 9.78 Å². The monoisotopic (exact) mass is 333 g/mol. The van der Waals surface area contributed by atoms with Crippen LogP contribution in [0, 0.1) is 0 Å². The highest BCUT2D eigenvalue weighted by Gasteiger charge is 2.34. The van der Waals surface area contributed by atoms with Crippen LogP contribution >= 0.6 is 0 Å². The van der Waals surface area contributed by atoms with E-state index in [2.05, 4.69) is 22.2 Å². The molecule has 1 aromatic carbocycles. The number of carbonyl (C=O) groups is 1. The van der Waals surface area contributed by atoms with Crippen molar-refractivity contribution in [3.63, 3.8) is 0 Å². The van der Waals surface area contributed by atoms with Gasteiger partial charge in [-0.1, -0.05) is 30.3 Å². The average molecular weight is 333 g/mol. The second-order valence-electron chi connectivity index (χ2n) is 6.24. The Balaban J connectivity index is 1.55. The fraction of sp³-hybridized carbons (Fsp3) is 0.211. The van der Waals surface area contributed by atoms with E-state index in [0.29, 0.717) is 18.8 Å². The molecule has 2 atom stereocenters. The molecule has 0 aliphatic carbocycles. The van der Waals surface area contributed by atoms with Gasteiger partial charge in [0.15, 0.2) is 0 Å². The number of hydrogen-bond acceptors (Lipinski definition) is 4. The molecule has 1 saturated heterocycles. The van der Waals surface area contributed by atoms with Crippen molar-refractivity contribution in [2.75, 3.05) is 13.1 Å². The number of nitrogens with zero attached hydrogens (tertiary/aromatic N) is 4. The van der Waals surface area contributed by atoms with Crippen LogP contribution in [0.1, 0.15) is 22.0 Å². The molecule has 0 bridgehead atoms. The van der Waals surface area contributed by atoms with E-state index < -0.39 is 0 Å². The highest BCUT2D eigenvalue weighted by Crippen LogP contribution is 2.27. The number of aromatic nitrogens is 3. The van der Waals surface area contributed by atoms with Gasteiger partial charge in [-0.15, -0.1) is 0 Å². The molecule has 2 N–H and O–H groups in total. The second kappa shape index (κ2) is 6.49. The zero-order valence-electron chi connectivity index (χ0n) is 13.7. The van der Waals surface area contributed by atoms with Crippen LogP contribution in [0.5, 0.6) is 0 Å². The van der Waals surface area contributed by atoms with E-state index in [1.54, 1.807) is 28.0 Å². The first-order valence-corrected chi connectivity index (χ1v) is 8.28. The predicted octanol–water partition coefficient (Wildman–Crippen LogP) is 1.83. The van der Waals surface area contributed by atoms with E-state index in [9.17, 15) is 4.79 Å². The molecule has 1 fully saturated rings. The van der Waals surface area contributed by atoms with Gasteiger partial charge in [0.1, 0.15) is 5.69 Å². The molecule has 0 unspecified atom stereocenters. The summed E-state index contributed by atoms with van der Waals surface area (Å²) in [5.74, 6) is 0.0577. The van der Waals surface area contributed by atoms with E-state index in [4.69, 9.17) is 5.73 Å². The number of likely N-dealkylation sites (tertiary alicyclic amines) is 1. The molecule has 25 heavy (non-hydrogen) atoms. The summed E-state index contributed by atoms with van der Waals surface area (Å²) in [7, 11) is 0. The van der Waals surface area contributed by atoms with Gasteiger partial charge < -0.3 is 10.6 Å². The van der Waals surface area contributed by atoms with Crippen molar-refractivity contribution >= 4 is 5.91 Å². The molecular formula is C19H19N5O. The molecule has 3 aromatic rings. The van der Waals surface area contributed by atoms with E-state index >= 15 is 0 Å². The van der Waals surface area contributed by atoms with E-state index in [-0.39, 0.29) is 17.9 Å². The van der Waals surface area contributed by atoms with Gasteiger partial charge in [0, 0.05) is 43.6 Å². The quantitative estimate of drug-likeness (QED) is 0.793. The van der Waals surface area contributed by atoms with Crippen molar-refractivity contribution in [1.82, 2.24) is 19.7 Å². The first-order chi connectivity index (χ1) is 12.2. The topological polar surface area (TPSA) is 77.0 Å². The van der Waals surface area contributed by atoms with Crippen LogP contribution in [-0.2, 0) is 0 Å². The maximum atomic E-state index is 12.9. The second-order valence-corrected chi connectivity index (χ2v) is 6.24. The van der Waals surface area contributed by atoms with Crippen LogP contribution in [0.4, 0.5) is 0 Å². The first kappa shape index (κ1) is 15.5. The SMILES string of the molecule is N[C@@H]1CN(C(=O)c2cc(-n3cccn3)ccn2)C[C@H]1c1ccccc1. The molecule has 1 aliphatic heterocycles. The molecule has 0 radical (unpaired) electrons. The van der Waals surface area contributed by atoms with Crippen molar-refractivity contribution in [2.45, 2.75) is 12.0 Å². The maximum absolute atomic E-state index is 12.9. The average Bonchev–Trinajstić information content (AvgIpc) is 3.32. The number of nitrogens with two attached hydrogens (primary N) is 1. The normalized spacial score (nSPS) is 20.0. The fourth-order valence-corrected chi connectivity index (χ4v) is 3.31. The van der Waals surface area contributed by atoms with Gasteiger partial charge in [0.25, 0.3) is 5.91 Å². The van der Waals surface area contributed by atoms with Crippen LogP contribution in [0.25, 0.3) is 5.69 Å². The number of rotatable bonds is 3. The summed E-state index contributed by atoms with van der Waals surface area (Å²) in [4.78, 5) is 18.9. The molecule has 3 heterocycles. The van der Waals surface area contributed by atoms with E-state index in [1.807, 2.05) is 36.5 Å². The summed E-state index contributed by atoms with van der Waals surface area (Å²) in [5, 5.41) is 4.19. The molecule has 1 amide bonds. The molecule has 126 valence electrons. The minimum Gasteiger partial charge on any atom is -0.335 e. The minimum atomic E-state index is -0.0945. The van der Waals surface area contributed by atoms with Crippen LogP contribution in [0.15, 0.2) is 67.1 Å². The van der Waals surface area contributed by atoms with E-state index in [0.717, 1.165) is 5.69 Å². The highest BCUT2D eigenvalue weighted by molar-refractivity contribution is 5.93. The van der Waals surface area contributed by atoms with Crippen molar-refractivity contribution in [3.8, 4) is 5.69 Å². The number of amides is 1. The molecule has 1 aliphatic rings. The van der Waals surface area contributed by atoms with Crippen molar-refractivity contribution in [1.29, 1.82) is 0 Å². The Kier molecular flexibility index (Phi) is 4.03. The fourth-order valence-electron chi connectivity index (χ4n) is 3.31. The Morgan fingerprint density at radius 3 is 2.68 bits per heavy atom. The lowest BCUT2D eigenvalue weighted by Gasteiger charge is -2.16.